The van der Waals surface area contributed by atoms with Gasteiger partial charge in [-0.3, -0.25) is 4.79 Å². The Morgan fingerprint density at radius 2 is 2.12 bits per heavy atom. The van der Waals surface area contributed by atoms with Gasteiger partial charge >= 0.3 is 0 Å². The van der Waals surface area contributed by atoms with Crippen molar-refractivity contribution in [2.75, 3.05) is 12.9 Å². The zero-order chi connectivity index (χ0) is 12.7. The van der Waals surface area contributed by atoms with Crippen LogP contribution in [0.4, 0.5) is 0 Å². The largest absolute Gasteiger partial charge is 0.497 e. The quantitative estimate of drug-likeness (QED) is 0.767. The van der Waals surface area contributed by atoms with E-state index in [1.807, 2.05) is 24.3 Å². The van der Waals surface area contributed by atoms with Gasteiger partial charge in [-0.15, -0.1) is 0 Å². The molecule has 0 aliphatic heterocycles. The van der Waals surface area contributed by atoms with Crippen molar-refractivity contribution < 1.29 is 14.6 Å². The Balaban J connectivity index is 2.28. The molecule has 1 aromatic carbocycles. The van der Waals surface area contributed by atoms with Crippen LogP contribution in [0.5, 0.6) is 5.75 Å². The minimum Gasteiger partial charge on any atom is -0.497 e. The van der Waals surface area contributed by atoms with Gasteiger partial charge in [0, 0.05) is 11.5 Å². The molecule has 0 saturated heterocycles. The normalized spacial score (nSPS) is 12.1. The average molecular weight is 255 g/mol. The number of primary amides is 1. The molecule has 1 atom stereocenters. The first-order valence-electron chi connectivity index (χ1n) is 5.29. The summed E-state index contributed by atoms with van der Waals surface area (Å²) in [5, 5.41) is 9.44. The molecular formula is C12H17NO3S. The van der Waals surface area contributed by atoms with Crippen molar-refractivity contribution in [1.82, 2.24) is 0 Å². The molecule has 1 amide bonds. The SMILES string of the molecule is COc1ccc(CSC[C@H](O)CC(N)=O)cc1. The summed E-state index contributed by atoms with van der Waals surface area (Å²) in [6.45, 7) is 0. The van der Waals surface area contributed by atoms with Crippen LogP contribution in [0, 0.1) is 0 Å². The molecule has 1 rings (SSSR count). The number of carbonyl (C=O) groups excluding carboxylic acids is 1. The summed E-state index contributed by atoms with van der Waals surface area (Å²) in [6, 6.07) is 7.75. The molecule has 94 valence electrons. The highest BCUT2D eigenvalue weighted by atomic mass is 32.2. The van der Waals surface area contributed by atoms with E-state index in [1.165, 1.54) is 0 Å². The van der Waals surface area contributed by atoms with Crippen molar-refractivity contribution in [1.29, 1.82) is 0 Å². The van der Waals surface area contributed by atoms with Crippen LogP contribution in [-0.2, 0) is 10.5 Å². The summed E-state index contributed by atoms with van der Waals surface area (Å²) in [5.74, 6) is 1.66. The zero-order valence-electron chi connectivity index (χ0n) is 9.76. The molecular weight excluding hydrogens is 238 g/mol. The third kappa shape index (κ3) is 5.60. The highest BCUT2D eigenvalue weighted by Crippen LogP contribution is 2.17. The summed E-state index contributed by atoms with van der Waals surface area (Å²) in [4.78, 5) is 10.6. The van der Waals surface area contributed by atoms with Crippen molar-refractivity contribution >= 4 is 17.7 Å². The molecule has 0 aliphatic rings. The molecule has 0 spiro atoms. The Kier molecular flexibility index (Phi) is 5.86. The molecule has 0 aliphatic carbocycles. The third-order valence-corrected chi connectivity index (χ3v) is 3.33. The molecule has 0 fully saturated rings. The lowest BCUT2D eigenvalue weighted by molar-refractivity contribution is -0.119. The second-order valence-electron chi connectivity index (χ2n) is 3.69. The summed E-state index contributed by atoms with van der Waals surface area (Å²) in [6.07, 6.45) is -0.633. The van der Waals surface area contributed by atoms with Crippen molar-refractivity contribution in [2.45, 2.75) is 18.3 Å². The predicted molar refractivity (Wildman–Crippen MR) is 69.0 cm³/mol. The van der Waals surface area contributed by atoms with Gasteiger partial charge in [-0.05, 0) is 17.7 Å². The number of hydrogen-bond acceptors (Lipinski definition) is 4. The predicted octanol–water partition coefficient (Wildman–Crippen LogP) is 1.16. The standard InChI is InChI=1S/C12H17NO3S/c1-16-11-4-2-9(3-5-11)7-17-8-10(14)6-12(13)15/h2-5,10,14H,6-8H2,1H3,(H2,13,15)/t10-/m1/s1. The lowest BCUT2D eigenvalue weighted by atomic mass is 10.2. The number of rotatable bonds is 7. The molecule has 0 unspecified atom stereocenters. The minimum absolute atomic E-state index is 0.0234. The van der Waals surface area contributed by atoms with Crippen LogP contribution >= 0.6 is 11.8 Å². The van der Waals surface area contributed by atoms with Gasteiger partial charge in [0.1, 0.15) is 5.75 Å². The van der Waals surface area contributed by atoms with E-state index in [4.69, 9.17) is 10.5 Å². The number of thioether (sulfide) groups is 1. The number of amides is 1. The van der Waals surface area contributed by atoms with Crippen LogP contribution in [0.3, 0.4) is 0 Å². The molecule has 0 heterocycles. The van der Waals surface area contributed by atoms with Crippen molar-refractivity contribution in [3.63, 3.8) is 0 Å². The molecule has 5 heteroatoms. The Morgan fingerprint density at radius 3 is 2.65 bits per heavy atom. The van der Waals surface area contributed by atoms with Crippen LogP contribution in [0.25, 0.3) is 0 Å². The number of hydrogen-bond donors (Lipinski definition) is 2. The second kappa shape index (κ2) is 7.19. The Labute approximate surface area is 105 Å². The summed E-state index contributed by atoms with van der Waals surface area (Å²) < 4.78 is 5.06. The van der Waals surface area contributed by atoms with E-state index < -0.39 is 12.0 Å². The van der Waals surface area contributed by atoms with E-state index in [1.54, 1.807) is 18.9 Å². The number of ether oxygens (including phenoxy) is 1. The molecule has 0 aromatic heterocycles. The van der Waals surface area contributed by atoms with Gasteiger partial charge in [-0.25, -0.2) is 0 Å². The van der Waals surface area contributed by atoms with E-state index in [0.29, 0.717) is 5.75 Å². The lowest BCUT2D eigenvalue weighted by Gasteiger charge is -2.08. The molecule has 0 radical (unpaired) electrons. The summed E-state index contributed by atoms with van der Waals surface area (Å²) in [5.41, 5.74) is 6.14. The van der Waals surface area contributed by atoms with Crippen LogP contribution in [0.2, 0.25) is 0 Å². The van der Waals surface area contributed by atoms with Crippen LogP contribution in [0.1, 0.15) is 12.0 Å². The molecule has 4 nitrogen and oxygen atoms in total. The van der Waals surface area contributed by atoms with Gasteiger partial charge in [0.2, 0.25) is 5.91 Å². The number of carbonyl (C=O) groups is 1. The van der Waals surface area contributed by atoms with Gasteiger partial charge in [0.25, 0.3) is 0 Å². The van der Waals surface area contributed by atoms with Crippen molar-refractivity contribution in [2.24, 2.45) is 5.73 Å². The highest BCUT2D eigenvalue weighted by molar-refractivity contribution is 7.98. The van der Waals surface area contributed by atoms with Gasteiger partial charge in [-0.1, -0.05) is 12.1 Å². The molecule has 1 aromatic rings. The maximum absolute atomic E-state index is 10.6. The fourth-order valence-corrected chi connectivity index (χ4v) is 2.26. The van der Waals surface area contributed by atoms with E-state index in [9.17, 15) is 9.90 Å². The van der Waals surface area contributed by atoms with E-state index in [2.05, 4.69) is 0 Å². The maximum atomic E-state index is 10.6. The fraction of sp³-hybridized carbons (Fsp3) is 0.417. The molecule has 3 N–H and O–H groups in total. The van der Waals surface area contributed by atoms with Gasteiger partial charge in [-0.2, -0.15) is 11.8 Å². The number of nitrogens with two attached hydrogens (primary N) is 1. The average Bonchev–Trinajstić information content (AvgIpc) is 2.29. The monoisotopic (exact) mass is 255 g/mol. The van der Waals surface area contributed by atoms with Crippen LogP contribution < -0.4 is 10.5 Å². The first-order chi connectivity index (χ1) is 8.11. The Morgan fingerprint density at radius 1 is 1.47 bits per heavy atom. The number of benzene rings is 1. The summed E-state index contributed by atoms with van der Waals surface area (Å²) >= 11 is 1.57. The first kappa shape index (κ1) is 13.9. The topological polar surface area (TPSA) is 72.6 Å². The molecule has 0 saturated carbocycles. The van der Waals surface area contributed by atoms with Crippen molar-refractivity contribution in [3.8, 4) is 5.75 Å². The van der Waals surface area contributed by atoms with Gasteiger partial charge in [0.05, 0.1) is 19.6 Å². The smallest absolute Gasteiger partial charge is 0.220 e. The number of aliphatic hydroxyl groups excluding tert-OH is 1. The minimum atomic E-state index is -0.657. The van der Waals surface area contributed by atoms with Crippen molar-refractivity contribution in [3.05, 3.63) is 29.8 Å². The summed E-state index contributed by atoms with van der Waals surface area (Å²) in [7, 11) is 1.63. The lowest BCUT2D eigenvalue weighted by Crippen LogP contribution is -2.21. The number of methoxy groups -OCH3 is 1. The number of aliphatic hydroxyl groups is 1. The zero-order valence-corrected chi connectivity index (χ0v) is 10.6. The Hall–Kier alpha value is -1.20. The van der Waals surface area contributed by atoms with Gasteiger partial charge in [0.15, 0.2) is 0 Å². The molecule has 17 heavy (non-hydrogen) atoms. The van der Waals surface area contributed by atoms with Crippen LogP contribution in [0.15, 0.2) is 24.3 Å². The fourth-order valence-electron chi connectivity index (χ4n) is 1.33. The highest BCUT2D eigenvalue weighted by Gasteiger charge is 2.07. The van der Waals surface area contributed by atoms with E-state index in [0.717, 1.165) is 17.1 Å². The maximum Gasteiger partial charge on any atom is 0.220 e. The van der Waals surface area contributed by atoms with Gasteiger partial charge < -0.3 is 15.6 Å². The first-order valence-corrected chi connectivity index (χ1v) is 6.44. The van der Waals surface area contributed by atoms with Crippen LogP contribution in [-0.4, -0.2) is 30.0 Å². The van der Waals surface area contributed by atoms with E-state index >= 15 is 0 Å². The van der Waals surface area contributed by atoms with E-state index in [-0.39, 0.29) is 6.42 Å². The molecule has 0 bridgehead atoms. The Bertz CT molecular complexity index is 353. The third-order valence-electron chi connectivity index (χ3n) is 2.17. The second-order valence-corrected chi connectivity index (χ2v) is 4.72.